The Labute approximate surface area is 90.3 Å². The molecule has 0 saturated heterocycles. The average Bonchev–Trinajstić information content (AvgIpc) is 2.16. The lowest BCUT2D eigenvalue weighted by Crippen LogP contribution is -2.32. The summed E-state index contributed by atoms with van der Waals surface area (Å²) < 4.78 is 0.935. The molecule has 0 bridgehead atoms. The molecular weight excluding hydrogens is 246 g/mol. The van der Waals surface area contributed by atoms with Gasteiger partial charge in [0, 0.05) is 17.6 Å². The Hall–Kier alpha value is -0.870. The summed E-state index contributed by atoms with van der Waals surface area (Å²) in [6, 6.07) is 5.79. The lowest BCUT2D eigenvalue weighted by atomic mass is 9.91. The van der Waals surface area contributed by atoms with Gasteiger partial charge >= 0.3 is 5.97 Å². The highest BCUT2D eigenvalue weighted by atomic mass is 79.9. The molecule has 1 unspecified atom stereocenters. The number of benzene rings is 1. The number of aliphatic carboxylic acids is 1. The fourth-order valence-electron chi connectivity index (χ4n) is 1.73. The van der Waals surface area contributed by atoms with Gasteiger partial charge in [0.1, 0.15) is 0 Å². The summed E-state index contributed by atoms with van der Waals surface area (Å²) in [6.45, 7) is 1.27. The van der Waals surface area contributed by atoms with E-state index < -0.39 is 11.9 Å². The predicted octanol–water partition coefficient (Wildman–Crippen LogP) is 1.72. The van der Waals surface area contributed by atoms with E-state index in [2.05, 4.69) is 21.2 Å². The number of carboxylic acids is 1. The Morgan fingerprint density at radius 3 is 3.07 bits per heavy atom. The van der Waals surface area contributed by atoms with Crippen LogP contribution >= 0.6 is 15.9 Å². The Morgan fingerprint density at radius 2 is 2.36 bits per heavy atom. The van der Waals surface area contributed by atoms with Crippen molar-refractivity contribution in [1.29, 1.82) is 0 Å². The highest BCUT2D eigenvalue weighted by Gasteiger charge is 2.25. The molecule has 0 aliphatic carbocycles. The second kappa shape index (κ2) is 3.71. The molecule has 1 aliphatic rings. The Balaban J connectivity index is 2.46. The minimum Gasteiger partial charge on any atom is -0.481 e. The van der Waals surface area contributed by atoms with Crippen LogP contribution < -0.4 is 5.32 Å². The van der Waals surface area contributed by atoms with Gasteiger partial charge in [0.05, 0.1) is 5.92 Å². The lowest BCUT2D eigenvalue weighted by Gasteiger charge is -2.23. The van der Waals surface area contributed by atoms with Crippen LogP contribution in [0, 0.1) is 0 Å². The van der Waals surface area contributed by atoms with E-state index >= 15 is 0 Å². The SMILES string of the molecule is O=C(O)C1CNCc2ccc(Br)cc21. The largest absolute Gasteiger partial charge is 0.481 e. The van der Waals surface area contributed by atoms with Crippen LogP contribution in [0.15, 0.2) is 22.7 Å². The third-order valence-corrected chi connectivity index (χ3v) is 2.94. The maximum absolute atomic E-state index is 11.0. The zero-order valence-electron chi connectivity index (χ0n) is 7.46. The number of carbonyl (C=O) groups is 1. The van der Waals surface area contributed by atoms with Crippen molar-refractivity contribution in [3.8, 4) is 0 Å². The third kappa shape index (κ3) is 1.67. The van der Waals surface area contributed by atoms with Gasteiger partial charge in [-0.2, -0.15) is 0 Å². The van der Waals surface area contributed by atoms with E-state index in [1.807, 2.05) is 18.2 Å². The van der Waals surface area contributed by atoms with E-state index in [0.717, 1.165) is 22.1 Å². The van der Waals surface area contributed by atoms with E-state index in [1.165, 1.54) is 0 Å². The van der Waals surface area contributed by atoms with Crippen molar-refractivity contribution < 1.29 is 9.90 Å². The normalized spacial score (nSPS) is 20.2. The monoisotopic (exact) mass is 255 g/mol. The number of carboxylic acid groups (broad SMARTS) is 1. The van der Waals surface area contributed by atoms with Crippen molar-refractivity contribution in [2.24, 2.45) is 0 Å². The van der Waals surface area contributed by atoms with Crippen LogP contribution in [0.5, 0.6) is 0 Å². The molecule has 3 nitrogen and oxygen atoms in total. The molecule has 0 amide bonds. The van der Waals surface area contributed by atoms with Crippen molar-refractivity contribution in [2.45, 2.75) is 12.5 Å². The number of hydrogen-bond donors (Lipinski definition) is 2. The summed E-state index contributed by atoms with van der Waals surface area (Å²) in [4.78, 5) is 11.0. The lowest BCUT2D eigenvalue weighted by molar-refractivity contribution is -0.138. The molecule has 74 valence electrons. The van der Waals surface area contributed by atoms with Crippen molar-refractivity contribution in [2.75, 3.05) is 6.54 Å². The van der Waals surface area contributed by atoms with Gasteiger partial charge in [-0.25, -0.2) is 0 Å². The van der Waals surface area contributed by atoms with Crippen molar-refractivity contribution in [1.82, 2.24) is 5.32 Å². The molecule has 1 atom stereocenters. The highest BCUT2D eigenvalue weighted by molar-refractivity contribution is 9.10. The quantitative estimate of drug-likeness (QED) is 0.804. The van der Waals surface area contributed by atoms with Crippen LogP contribution in [0.25, 0.3) is 0 Å². The zero-order valence-corrected chi connectivity index (χ0v) is 9.04. The molecule has 1 heterocycles. The van der Waals surface area contributed by atoms with E-state index in [-0.39, 0.29) is 0 Å². The van der Waals surface area contributed by atoms with Crippen LogP contribution in [0.2, 0.25) is 0 Å². The topological polar surface area (TPSA) is 49.3 Å². The first-order valence-corrected chi connectivity index (χ1v) is 5.19. The van der Waals surface area contributed by atoms with Crippen LogP contribution in [-0.4, -0.2) is 17.6 Å². The van der Waals surface area contributed by atoms with Gasteiger partial charge < -0.3 is 10.4 Å². The molecule has 1 aromatic rings. The molecule has 0 radical (unpaired) electrons. The predicted molar refractivity (Wildman–Crippen MR) is 56.2 cm³/mol. The van der Waals surface area contributed by atoms with Gasteiger partial charge in [-0.05, 0) is 23.3 Å². The summed E-state index contributed by atoms with van der Waals surface area (Å²) in [5, 5.41) is 12.1. The fourth-order valence-corrected chi connectivity index (χ4v) is 2.11. The molecule has 2 rings (SSSR count). The average molecular weight is 256 g/mol. The maximum Gasteiger partial charge on any atom is 0.312 e. The van der Waals surface area contributed by atoms with Crippen LogP contribution in [-0.2, 0) is 11.3 Å². The molecule has 1 aromatic carbocycles. The van der Waals surface area contributed by atoms with E-state index in [1.54, 1.807) is 0 Å². The van der Waals surface area contributed by atoms with Gasteiger partial charge in [-0.15, -0.1) is 0 Å². The van der Waals surface area contributed by atoms with Crippen molar-refractivity contribution >= 4 is 21.9 Å². The fraction of sp³-hybridized carbons (Fsp3) is 0.300. The minimum atomic E-state index is -0.767. The van der Waals surface area contributed by atoms with E-state index in [9.17, 15) is 4.79 Å². The van der Waals surface area contributed by atoms with Gasteiger partial charge in [0.15, 0.2) is 0 Å². The summed E-state index contributed by atoms with van der Waals surface area (Å²) in [6.07, 6.45) is 0. The molecule has 14 heavy (non-hydrogen) atoms. The van der Waals surface area contributed by atoms with Crippen LogP contribution in [0.4, 0.5) is 0 Å². The van der Waals surface area contributed by atoms with Gasteiger partial charge in [0.2, 0.25) is 0 Å². The van der Waals surface area contributed by atoms with Crippen molar-refractivity contribution in [3.63, 3.8) is 0 Å². The van der Waals surface area contributed by atoms with Crippen LogP contribution in [0.1, 0.15) is 17.0 Å². The van der Waals surface area contributed by atoms with Gasteiger partial charge in [-0.3, -0.25) is 4.79 Å². The second-order valence-electron chi connectivity index (χ2n) is 3.36. The summed E-state index contributed by atoms with van der Waals surface area (Å²) >= 11 is 3.35. The first-order valence-electron chi connectivity index (χ1n) is 4.40. The molecule has 0 spiro atoms. The molecule has 0 fully saturated rings. The molecular formula is C10H10BrNO2. The standard InChI is InChI=1S/C10H10BrNO2/c11-7-2-1-6-4-12-5-9(10(13)14)8(6)3-7/h1-3,9,12H,4-5H2,(H,13,14). The Bertz CT molecular complexity index is 378. The maximum atomic E-state index is 11.0. The minimum absolute atomic E-state index is 0.420. The summed E-state index contributed by atoms with van der Waals surface area (Å²) in [5.41, 5.74) is 2.00. The smallest absolute Gasteiger partial charge is 0.312 e. The Morgan fingerprint density at radius 1 is 1.57 bits per heavy atom. The summed E-state index contributed by atoms with van der Waals surface area (Å²) in [7, 11) is 0. The molecule has 2 N–H and O–H groups in total. The molecule has 0 aromatic heterocycles. The van der Waals surface area contributed by atoms with E-state index in [4.69, 9.17) is 5.11 Å². The number of halogens is 1. The van der Waals surface area contributed by atoms with Gasteiger partial charge in [0.25, 0.3) is 0 Å². The first kappa shape index (κ1) is 9.68. The number of fused-ring (bicyclic) bond motifs is 1. The Kier molecular flexibility index (Phi) is 2.56. The zero-order chi connectivity index (χ0) is 10.1. The molecule has 4 heteroatoms. The molecule has 1 aliphatic heterocycles. The highest BCUT2D eigenvalue weighted by Crippen LogP contribution is 2.27. The molecule has 0 saturated carbocycles. The van der Waals surface area contributed by atoms with Crippen molar-refractivity contribution in [3.05, 3.63) is 33.8 Å². The second-order valence-corrected chi connectivity index (χ2v) is 4.28. The first-order chi connectivity index (χ1) is 6.68. The third-order valence-electron chi connectivity index (χ3n) is 2.45. The number of nitrogens with one attached hydrogen (secondary N) is 1. The van der Waals surface area contributed by atoms with E-state index in [0.29, 0.717) is 6.54 Å². The summed E-state index contributed by atoms with van der Waals surface area (Å²) in [5.74, 6) is -1.19. The van der Waals surface area contributed by atoms with Crippen LogP contribution in [0.3, 0.4) is 0 Å². The van der Waals surface area contributed by atoms with Gasteiger partial charge in [-0.1, -0.05) is 22.0 Å². The number of hydrogen-bond acceptors (Lipinski definition) is 2. The number of rotatable bonds is 1.